The maximum absolute atomic E-state index is 12.1. The lowest BCUT2D eigenvalue weighted by atomic mass is 10.1. The number of benzene rings is 1. The molecular weight excluding hydrogens is 286 g/mol. The zero-order chi connectivity index (χ0) is 16.2. The Bertz CT molecular complexity index is 549. The molecule has 0 radical (unpaired) electrons. The fourth-order valence-corrected chi connectivity index (χ4v) is 2.10. The van der Waals surface area contributed by atoms with Crippen LogP contribution in [0.5, 0.6) is 5.75 Å². The van der Waals surface area contributed by atoms with Crippen LogP contribution in [0.1, 0.15) is 37.0 Å². The number of amides is 1. The average Bonchev–Trinajstić information content (AvgIpc) is 2.98. The van der Waals surface area contributed by atoms with E-state index < -0.39 is 17.4 Å². The van der Waals surface area contributed by atoms with Crippen molar-refractivity contribution in [1.29, 1.82) is 0 Å². The number of hydrogen-bond donors (Lipinski definition) is 2. The predicted molar refractivity (Wildman–Crippen MR) is 80.1 cm³/mol. The molecule has 2 rings (SSSR count). The quantitative estimate of drug-likeness (QED) is 0.837. The summed E-state index contributed by atoms with van der Waals surface area (Å²) in [5.41, 5.74) is -0.967. The minimum atomic E-state index is -1.33. The summed E-state index contributed by atoms with van der Waals surface area (Å²) >= 11 is 0. The molecule has 6 nitrogen and oxygen atoms in total. The van der Waals surface area contributed by atoms with Gasteiger partial charge < -0.3 is 19.9 Å². The summed E-state index contributed by atoms with van der Waals surface area (Å²) in [6.07, 6.45) is 2.12. The fraction of sp³-hybridized carbons (Fsp3) is 0.500. The molecule has 0 saturated carbocycles. The summed E-state index contributed by atoms with van der Waals surface area (Å²) in [4.78, 5) is 23.2. The number of carboxylic acid groups (broad SMARTS) is 1. The Balaban J connectivity index is 1.98. The Morgan fingerprint density at radius 3 is 2.86 bits per heavy atom. The van der Waals surface area contributed by atoms with Gasteiger partial charge in [-0.1, -0.05) is 6.07 Å². The first-order chi connectivity index (χ1) is 10.4. The summed E-state index contributed by atoms with van der Waals surface area (Å²) in [7, 11) is 0. The van der Waals surface area contributed by atoms with Gasteiger partial charge in [-0.15, -0.1) is 0 Å². The Labute approximate surface area is 129 Å². The lowest BCUT2D eigenvalue weighted by Gasteiger charge is -2.21. The molecule has 1 aromatic rings. The summed E-state index contributed by atoms with van der Waals surface area (Å²) in [6, 6.07) is 6.68. The zero-order valence-corrected chi connectivity index (χ0v) is 12.8. The summed E-state index contributed by atoms with van der Waals surface area (Å²) in [5.74, 6) is -0.974. The highest BCUT2D eigenvalue weighted by Crippen LogP contribution is 2.17. The van der Waals surface area contributed by atoms with E-state index in [0.29, 0.717) is 17.9 Å². The molecule has 1 heterocycles. The van der Waals surface area contributed by atoms with Gasteiger partial charge in [-0.2, -0.15) is 0 Å². The van der Waals surface area contributed by atoms with Crippen LogP contribution < -0.4 is 10.1 Å². The SMILES string of the molecule is CC(C)(NC(=O)c1cccc(OCC2CCCO2)c1)C(=O)O. The van der Waals surface area contributed by atoms with E-state index >= 15 is 0 Å². The van der Waals surface area contributed by atoms with E-state index in [4.69, 9.17) is 14.6 Å². The van der Waals surface area contributed by atoms with E-state index in [1.165, 1.54) is 13.8 Å². The van der Waals surface area contributed by atoms with Crippen molar-refractivity contribution in [2.45, 2.75) is 38.3 Å². The van der Waals surface area contributed by atoms with Crippen LogP contribution >= 0.6 is 0 Å². The number of hydrogen-bond acceptors (Lipinski definition) is 4. The lowest BCUT2D eigenvalue weighted by Crippen LogP contribution is -2.49. The predicted octanol–water partition coefficient (Wildman–Crippen LogP) is 1.84. The molecular formula is C16H21NO5. The molecule has 1 fully saturated rings. The third-order valence-electron chi connectivity index (χ3n) is 3.52. The monoisotopic (exact) mass is 307 g/mol. The van der Waals surface area contributed by atoms with Gasteiger partial charge in [0.05, 0.1) is 6.10 Å². The highest BCUT2D eigenvalue weighted by atomic mass is 16.5. The topological polar surface area (TPSA) is 84.9 Å². The summed E-state index contributed by atoms with van der Waals surface area (Å²) in [5, 5.41) is 11.5. The van der Waals surface area contributed by atoms with Crippen LogP contribution in [0.4, 0.5) is 0 Å². The Morgan fingerprint density at radius 2 is 2.23 bits per heavy atom. The van der Waals surface area contributed by atoms with E-state index in [9.17, 15) is 9.59 Å². The number of ether oxygens (including phenoxy) is 2. The van der Waals surface area contributed by atoms with Crippen LogP contribution in [0, 0.1) is 0 Å². The second-order valence-corrected chi connectivity index (χ2v) is 5.86. The first-order valence-electron chi connectivity index (χ1n) is 7.29. The van der Waals surface area contributed by atoms with Gasteiger partial charge in [0, 0.05) is 12.2 Å². The minimum Gasteiger partial charge on any atom is -0.491 e. The molecule has 0 bridgehead atoms. The lowest BCUT2D eigenvalue weighted by molar-refractivity contribution is -0.143. The van der Waals surface area contributed by atoms with Crippen LogP contribution in [-0.4, -0.2) is 41.8 Å². The van der Waals surface area contributed by atoms with Crippen molar-refractivity contribution in [3.05, 3.63) is 29.8 Å². The van der Waals surface area contributed by atoms with E-state index in [1.54, 1.807) is 24.3 Å². The van der Waals surface area contributed by atoms with E-state index in [0.717, 1.165) is 19.4 Å². The Kier molecular flexibility index (Phi) is 5.03. The van der Waals surface area contributed by atoms with Gasteiger partial charge in [0.1, 0.15) is 17.9 Å². The van der Waals surface area contributed by atoms with Crippen LogP contribution in [-0.2, 0) is 9.53 Å². The average molecular weight is 307 g/mol. The van der Waals surface area contributed by atoms with Gasteiger partial charge in [-0.3, -0.25) is 4.79 Å². The second-order valence-electron chi connectivity index (χ2n) is 5.86. The van der Waals surface area contributed by atoms with E-state index in [2.05, 4.69) is 5.32 Å². The van der Waals surface area contributed by atoms with Crippen molar-refractivity contribution >= 4 is 11.9 Å². The molecule has 0 aromatic heterocycles. The van der Waals surface area contributed by atoms with Crippen LogP contribution in [0.15, 0.2) is 24.3 Å². The van der Waals surface area contributed by atoms with Crippen LogP contribution in [0.25, 0.3) is 0 Å². The number of carbonyl (C=O) groups excluding carboxylic acids is 1. The third-order valence-corrected chi connectivity index (χ3v) is 3.52. The first-order valence-corrected chi connectivity index (χ1v) is 7.29. The number of rotatable bonds is 6. The van der Waals surface area contributed by atoms with Gasteiger partial charge in [0.15, 0.2) is 0 Å². The molecule has 1 saturated heterocycles. The normalized spacial score (nSPS) is 18.0. The van der Waals surface area contributed by atoms with Crippen molar-refractivity contribution in [1.82, 2.24) is 5.32 Å². The second kappa shape index (κ2) is 6.79. The third kappa shape index (κ3) is 4.21. The molecule has 120 valence electrons. The van der Waals surface area contributed by atoms with Crippen molar-refractivity contribution < 1.29 is 24.2 Å². The van der Waals surface area contributed by atoms with Gasteiger partial charge in [-0.25, -0.2) is 4.79 Å². The van der Waals surface area contributed by atoms with Gasteiger partial charge >= 0.3 is 5.97 Å². The molecule has 1 aromatic carbocycles. The minimum absolute atomic E-state index is 0.100. The zero-order valence-electron chi connectivity index (χ0n) is 12.8. The highest BCUT2D eigenvalue weighted by molar-refractivity contribution is 5.97. The molecule has 1 atom stereocenters. The number of nitrogens with one attached hydrogen (secondary N) is 1. The van der Waals surface area contributed by atoms with Gasteiger partial charge in [0.25, 0.3) is 5.91 Å². The van der Waals surface area contributed by atoms with Crippen molar-refractivity contribution in [3.63, 3.8) is 0 Å². The van der Waals surface area contributed by atoms with Crippen LogP contribution in [0.3, 0.4) is 0 Å². The molecule has 0 spiro atoms. The molecule has 1 amide bonds. The largest absolute Gasteiger partial charge is 0.491 e. The van der Waals surface area contributed by atoms with Gasteiger partial charge in [-0.05, 0) is 44.9 Å². The molecule has 1 aliphatic heterocycles. The fourth-order valence-electron chi connectivity index (χ4n) is 2.10. The summed E-state index contributed by atoms with van der Waals surface area (Å²) in [6.45, 7) is 4.09. The molecule has 1 unspecified atom stereocenters. The molecule has 6 heteroatoms. The standard InChI is InChI=1S/C16H21NO5/c1-16(2,15(19)20)17-14(18)11-5-3-6-12(9-11)22-10-13-7-4-8-21-13/h3,5-6,9,13H,4,7-8,10H2,1-2H3,(H,17,18)(H,19,20). The highest BCUT2D eigenvalue weighted by Gasteiger charge is 2.29. The molecule has 22 heavy (non-hydrogen) atoms. The maximum Gasteiger partial charge on any atom is 0.328 e. The summed E-state index contributed by atoms with van der Waals surface area (Å²) < 4.78 is 11.1. The molecule has 0 aliphatic carbocycles. The van der Waals surface area contributed by atoms with E-state index in [-0.39, 0.29) is 6.10 Å². The Morgan fingerprint density at radius 1 is 1.45 bits per heavy atom. The first kappa shape index (κ1) is 16.3. The van der Waals surface area contributed by atoms with Crippen LogP contribution in [0.2, 0.25) is 0 Å². The number of carbonyl (C=O) groups is 2. The Hall–Kier alpha value is -2.08. The van der Waals surface area contributed by atoms with Crippen molar-refractivity contribution in [2.75, 3.05) is 13.2 Å². The molecule has 2 N–H and O–H groups in total. The molecule has 1 aliphatic rings. The smallest absolute Gasteiger partial charge is 0.328 e. The maximum atomic E-state index is 12.1. The van der Waals surface area contributed by atoms with Crippen molar-refractivity contribution in [2.24, 2.45) is 0 Å². The number of aliphatic carboxylic acids is 1. The van der Waals surface area contributed by atoms with E-state index in [1.807, 2.05) is 0 Å². The van der Waals surface area contributed by atoms with Gasteiger partial charge in [0.2, 0.25) is 0 Å². The van der Waals surface area contributed by atoms with Crippen molar-refractivity contribution in [3.8, 4) is 5.75 Å². The number of carboxylic acids is 1.